The lowest BCUT2D eigenvalue weighted by Crippen LogP contribution is -2.32. The van der Waals surface area contributed by atoms with E-state index in [9.17, 15) is 0 Å². The van der Waals surface area contributed by atoms with Gasteiger partial charge < -0.3 is 10.4 Å². The number of rotatable bonds is 4. The molecule has 1 heterocycles. The highest BCUT2D eigenvalue weighted by molar-refractivity contribution is 9.10. The normalized spacial score (nSPS) is 11.8. The minimum Gasteiger partial charge on any atom is -0.396 e. The molecule has 0 radical (unpaired) electrons. The Kier molecular flexibility index (Phi) is 3.88. The predicted molar refractivity (Wildman–Crippen MR) is 78.8 cm³/mol. The molecule has 0 saturated heterocycles. The van der Waals surface area contributed by atoms with E-state index in [0.29, 0.717) is 6.42 Å². The number of pyridine rings is 1. The molecule has 96 valence electrons. The summed E-state index contributed by atoms with van der Waals surface area (Å²) in [7, 11) is 0. The van der Waals surface area contributed by atoms with Gasteiger partial charge in [-0.2, -0.15) is 0 Å². The average Bonchev–Trinajstić information content (AvgIpc) is 2.30. The maximum absolute atomic E-state index is 9.07. The fourth-order valence-electron chi connectivity index (χ4n) is 1.93. The molecule has 18 heavy (non-hydrogen) atoms. The molecule has 2 rings (SSSR count). The summed E-state index contributed by atoms with van der Waals surface area (Å²) in [5.74, 6) is 0.854. The fourth-order valence-corrected chi connectivity index (χ4v) is 2.43. The molecule has 0 atom stereocenters. The predicted octanol–water partition coefficient (Wildman–Crippen LogP) is 3.57. The molecule has 0 saturated carbocycles. The van der Waals surface area contributed by atoms with Crippen LogP contribution in [-0.2, 0) is 0 Å². The number of benzene rings is 1. The van der Waals surface area contributed by atoms with Crippen molar-refractivity contribution in [3.63, 3.8) is 0 Å². The Morgan fingerprint density at radius 2 is 2.06 bits per heavy atom. The quantitative estimate of drug-likeness (QED) is 0.907. The highest BCUT2D eigenvalue weighted by Gasteiger charge is 2.18. The first-order valence-electron chi connectivity index (χ1n) is 5.96. The van der Waals surface area contributed by atoms with E-state index in [-0.39, 0.29) is 12.1 Å². The second kappa shape index (κ2) is 5.24. The minimum absolute atomic E-state index is 0.161. The molecule has 0 unspecified atom stereocenters. The van der Waals surface area contributed by atoms with Crippen molar-refractivity contribution >= 4 is 32.5 Å². The first kappa shape index (κ1) is 13.3. The Hall–Kier alpha value is -1.13. The van der Waals surface area contributed by atoms with Gasteiger partial charge in [0.25, 0.3) is 0 Å². The summed E-state index contributed by atoms with van der Waals surface area (Å²) in [4.78, 5) is 4.40. The van der Waals surface area contributed by atoms with E-state index in [0.717, 1.165) is 21.1 Å². The van der Waals surface area contributed by atoms with Crippen molar-refractivity contribution in [1.29, 1.82) is 0 Å². The van der Waals surface area contributed by atoms with Gasteiger partial charge in [0.15, 0.2) is 0 Å². The van der Waals surface area contributed by atoms with Gasteiger partial charge in [-0.25, -0.2) is 4.98 Å². The van der Waals surface area contributed by atoms with Crippen molar-refractivity contribution in [2.24, 2.45) is 0 Å². The topological polar surface area (TPSA) is 45.1 Å². The lowest BCUT2D eigenvalue weighted by Gasteiger charge is -2.26. The maximum Gasteiger partial charge on any atom is 0.134 e. The van der Waals surface area contributed by atoms with Crippen LogP contribution < -0.4 is 5.32 Å². The Bertz CT molecular complexity index is 554. The van der Waals surface area contributed by atoms with E-state index in [2.05, 4.69) is 40.1 Å². The zero-order chi connectivity index (χ0) is 13.2. The number of aliphatic hydroxyl groups is 1. The van der Waals surface area contributed by atoms with Crippen LogP contribution in [0, 0.1) is 0 Å². The van der Waals surface area contributed by atoms with Crippen LogP contribution in [0.5, 0.6) is 0 Å². The van der Waals surface area contributed by atoms with E-state index >= 15 is 0 Å². The molecule has 0 aliphatic heterocycles. The summed E-state index contributed by atoms with van der Waals surface area (Å²) in [5.41, 5.74) is -0.182. The molecule has 0 amide bonds. The number of hydrogen-bond acceptors (Lipinski definition) is 3. The molecule has 0 aliphatic rings. The molecule has 0 fully saturated rings. The van der Waals surface area contributed by atoms with Crippen LogP contribution in [0.15, 0.2) is 34.9 Å². The lowest BCUT2D eigenvalue weighted by atomic mass is 10.0. The largest absolute Gasteiger partial charge is 0.396 e. The van der Waals surface area contributed by atoms with E-state index in [1.807, 2.05) is 24.3 Å². The Morgan fingerprint density at radius 1 is 1.28 bits per heavy atom. The molecule has 0 spiro atoms. The molecule has 1 aromatic carbocycles. The SMILES string of the molecule is CC(C)(CCO)Nc1nccc2c(Br)cccc12. The van der Waals surface area contributed by atoms with Gasteiger partial charge in [-0.1, -0.05) is 28.1 Å². The second-order valence-electron chi connectivity index (χ2n) is 4.98. The third-order valence-corrected chi connectivity index (χ3v) is 3.64. The molecule has 0 bridgehead atoms. The molecule has 2 aromatic rings. The van der Waals surface area contributed by atoms with Gasteiger partial charge in [0.2, 0.25) is 0 Å². The van der Waals surface area contributed by atoms with E-state index in [4.69, 9.17) is 5.11 Å². The minimum atomic E-state index is -0.182. The van der Waals surface area contributed by atoms with Gasteiger partial charge in [0, 0.05) is 33.6 Å². The molecule has 4 heteroatoms. The monoisotopic (exact) mass is 308 g/mol. The molecule has 3 nitrogen and oxygen atoms in total. The second-order valence-corrected chi connectivity index (χ2v) is 5.83. The van der Waals surface area contributed by atoms with Crippen molar-refractivity contribution in [2.75, 3.05) is 11.9 Å². The maximum atomic E-state index is 9.07. The third-order valence-electron chi connectivity index (χ3n) is 2.95. The van der Waals surface area contributed by atoms with Crippen molar-refractivity contribution < 1.29 is 5.11 Å². The van der Waals surface area contributed by atoms with Crippen LogP contribution in [0.25, 0.3) is 10.8 Å². The van der Waals surface area contributed by atoms with Gasteiger partial charge in [-0.3, -0.25) is 0 Å². The lowest BCUT2D eigenvalue weighted by molar-refractivity contribution is 0.260. The van der Waals surface area contributed by atoms with Gasteiger partial charge >= 0.3 is 0 Å². The first-order valence-corrected chi connectivity index (χ1v) is 6.75. The zero-order valence-electron chi connectivity index (χ0n) is 10.6. The number of aliphatic hydroxyl groups excluding tert-OH is 1. The molecule has 2 N–H and O–H groups in total. The van der Waals surface area contributed by atoms with Crippen LogP contribution in [-0.4, -0.2) is 22.2 Å². The van der Waals surface area contributed by atoms with Gasteiger partial charge in [0.05, 0.1) is 0 Å². The Labute approximate surface area is 115 Å². The van der Waals surface area contributed by atoms with Crippen molar-refractivity contribution in [3.8, 4) is 0 Å². The van der Waals surface area contributed by atoms with Gasteiger partial charge in [-0.15, -0.1) is 0 Å². The summed E-state index contributed by atoms with van der Waals surface area (Å²) >= 11 is 3.55. The summed E-state index contributed by atoms with van der Waals surface area (Å²) in [6, 6.07) is 8.05. The van der Waals surface area contributed by atoms with Crippen LogP contribution in [0.4, 0.5) is 5.82 Å². The number of hydrogen-bond donors (Lipinski definition) is 2. The van der Waals surface area contributed by atoms with Crippen LogP contribution in [0.3, 0.4) is 0 Å². The summed E-state index contributed by atoms with van der Waals surface area (Å²) in [6.45, 7) is 4.28. The van der Waals surface area contributed by atoms with E-state index < -0.39 is 0 Å². The number of aromatic nitrogens is 1. The van der Waals surface area contributed by atoms with E-state index in [1.165, 1.54) is 0 Å². The standard InChI is InChI=1S/C14H17BrN2O/c1-14(2,7-9-18)17-13-11-4-3-5-12(15)10(11)6-8-16-13/h3-6,8,18H,7,9H2,1-2H3,(H,16,17). The molecular formula is C14H17BrN2O. The smallest absolute Gasteiger partial charge is 0.134 e. The molecule has 0 aliphatic carbocycles. The average molecular weight is 309 g/mol. The first-order chi connectivity index (χ1) is 8.53. The number of nitrogens with one attached hydrogen (secondary N) is 1. The fraction of sp³-hybridized carbons (Fsp3) is 0.357. The highest BCUT2D eigenvalue weighted by Crippen LogP contribution is 2.29. The number of nitrogens with zero attached hydrogens (tertiary/aromatic N) is 1. The third kappa shape index (κ3) is 2.82. The Morgan fingerprint density at radius 3 is 2.78 bits per heavy atom. The number of halogens is 1. The molecular weight excluding hydrogens is 292 g/mol. The van der Waals surface area contributed by atoms with Crippen LogP contribution in [0.2, 0.25) is 0 Å². The number of anilines is 1. The highest BCUT2D eigenvalue weighted by atomic mass is 79.9. The summed E-state index contributed by atoms with van der Waals surface area (Å²) in [5, 5.41) is 14.7. The van der Waals surface area contributed by atoms with E-state index in [1.54, 1.807) is 6.20 Å². The summed E-state index contributed by atoms with van der Waals surface area (Å²) in [6.07, 6.45) is 2.48. The zero-order valence-corrected chi connectivity index (χ0v) is 12.2. The number of fused-ring (bicyclic) bond motifs is 1. The van der Waals surface area contributed by atoms with Gasteiger partial charge in [0.1, 0.15) is 5.82 Å². The Balaban J connectivity index is 2.43. The van der Waals surface area contributed by atoms with Gasteiger partial charge in [-0.05, 0) is 32.4 Å². The molecule has 1 aromatic heterocycles. The van der Waals surface area contributed by atoms with Crippen molar-refractivity contribution in [1.82, 2.24) is 4.98 Å². The van der Waals surface area contributed by atoms with Crippen LogP contribution in [0.1, 0.15) is 20.3 Å². The van der Waals surface area contributed by atoms with Crippen molar-refractivity contribution in [2.45, 2.75) is 25.8 Å². The van der Waals surface area contributed by atoms with Crippen LogP contribution >= 0.6 is 15.9 Å². The summed E-state index contributed by atoms with van der Waals surface area (Å²) < 4.78 is 1.06. The van der Waals surface area contributed by atoms with Crippen molar-refractivity contribution in [3.05, 3.63) is 34.9 Å².